The zero-order valence-electron chi connectivity index (χ0n) is 35.4. The lowest BCUT2D eigenvalue weighted by Crippen LogP contribution is -2.39. The fourth-order valence-corrected chi connectivity index (χ4v) is 9.55. The number of hydrogen-bond donors (Lipinski definition) is 1. The van der Waals surface area contributed by atoms with E-state index >= 15 is 0 Å². The lowest BCUT2D eigenvalue weighted by atomic mass is 9.82. The van der Waals surface area contributed by atoms with E-state index in [1.54, 1.807) is 0 Å². The van der Waals surface area contributed by atoms with Gasteiger partial charge in [-0.15, -0.1) is 0 Å². The highest BCUT2D eigenvalue weighted by atomic mass is 16.5. The zero-order valence-corrected chi connectivity index (χ0v) is 35.4. The number of anilines is 5. The van der Waals surface area contributed by atoms with Crippen LogP contribution in [0.25, 0.3) is 10.8 Å². The van der Waals surface area contributed by atoms with E-state index in [9.17, 15) is 4.79 Å². The van der Waals surface area contributed by atoms with Gasteiger partial charge in [0.05, 0.1) is 6.04 Å². The summed E-state index contributed by atoms with van der Waals surface area (Å²) in [7, 11) is 4.34. The standard InChI is InChI=1S/C52H59N3O2/c1-10-49(56)57-48-18-14-13-17-47(48)53-46-28-27-45(43-15-11-12-16-44(43)46)50(39-19-23-41(24-20-39)54(8)51-35(4)29-33(2)30-36(51)5)40-21-25-42(26-22-40)55(9)52-37(6)31-34(3)32-38(52)7/h11-12,15-16,19-32,47-48,50,53H,10,13-14,17-18H2,1-9H3. The Morgan fingerprint density at radius 2 is 1.12 bits per heavy atom. The number of nitrogens with one attached hydrogen (secondary N) is 1. The lowest BCUT2D eigenvalue weighted by molar-refractivity contribution is -0.150. The number of carbonyl (C=O) groups excluding carboxylic acids is 1. The van der Waals surface area contributed by atoms with Crippen molar-refractivity contribution >= 4 is 45.2 Å². The summed E-state index contributed by atoms with van der Waals surface area (Å²) < 4.78 is 5.95. The van der Waals surface area contributed by atoms with Crippen molar-refractivity contribution in [3.63, 3.8) is 0 Å². The molecule has 2 unspecified atom stereocenters. The van der Waals surface area contributed by atoms with Crippen molar-refractivity contribution < 1.29 is 9.53 Å². The molecule has 294 valence electrons. The molecule has 0 radical (unpaired) electrons. The molecule has 0 aliphatic heterocycles. The van der Waals surface area contributed by atoms with E-state index in [0.29, 0.717) is 6.42 Å². The molecule has 0 aromatic heterocycles. The maximum Gasteiger partial charge on any atom is 0.305 e. The molecular weight excluding hydrogens is 699 g/mol. The third-order valence-corrected chi connectivity index (χ3v) is 12.1. The van der Waals surface area contributed by atoms with Crippen LogP contribution in [0.1, 0.15) is 95.0 Å². The first-order chi connectivity index (χ1) is 27.4. The molecule has 1 fully saturated rings. The monoisotopic (exact) mass is 757 g/mol. The summed E-state index contributed by atoms with van der Waals surface area (Å²) in [5.74, 6) is -0.138. The van der Waals surface area contributed by atoms with Gasteiger partial charge in [-0.25, -0.2) is 0 Å². The molecule has 1 N–H and O–H groups in total. The van der Waals surface area contributed by atoms with Gasteiger partial charge in [-0.05, 0) is 135 Å². The Kier molecular flexibility index (Phi) is 11.8. The fraction of sp³-hybridized carbons (Fsp3) is 0.327. The average Bonchev–Trinajstić information content (AvgIpc) is 3.19. The molecule has 0 heterocycles. The Balaban J connectivity index is 1.30. The number of esters is 1. The highest BCUT2D eigenvalue weighted by Crippen LogP contribution is 2.42. The Bertz CT molecular complexity index is 2230. The van der Waals surface area contributed by atoms with E-state index in [1.807, 2.05) is 6.92 Å². The van der Waals surface area contributed by atoms with Gasteiger partial charge in [0.2, 0.25) is 0 Å². The topological polar surface area (TPSA) is 44.8 Å². The third kappa shape index (κ3) is 8.30. The number of fused-ring (bicyclic) bond motifs is 1. The summed E-state index contributed by atoms with van der Waals surface area (Å²) in [5, 5.41) is 6.24. The Labute approximate surface area is 340 Å². The van der Waals surface area contributed by atoms with E-state index in [1.165, 1.54) is 72.2 Å². The maximum atomic E-state index is 12.4. The number of nitrogens with zero attached hydrogens (tertiary/aromatic N) is 2. The Morgan fingerprint density at radius 3 is 1.61 bits per heavy atom. The van der Waals surface area contributed by atoms with Crippen LogP contribution in [0.4, 0.5) is 28.4 Å². The molecule has 0 bridgehead atoms. The van der Waals surface area contributed by atoms with Gasteiger partial charge in [0, 0.05) is 60.3 Å². The van der Waals surface area contributed by atoms with E-state index in [2.05, 4.69) is 180 Å². The van der Waals surface area contributed by atoms with Gasteiger partial charge < -0.3 is 19.9 Å². The van der Waals surface area contributed by atoms with Crippen molar-refractivity contribution in [2.45, 2.75) is 98.6 Å². The summed E-state index contributed by atoms with van der Waals surface area (Å²) in [6.07, 6.45) is 4.35. The molecule has 5 nitrogen and oxygen atoms in total. The largest absolute Gasteiger partial charge is 0.460 e. The summed E-state index contributed by atoms with van der Waals surface area (Å²) in [5.41, 5.74) is 17.3. The van der Waals surface area contributed by atoms with Gasteiger partial charge in [-0.3, -0.25) is 4.79 Å². The molecule has 5 heteroatoms. The predicted octanol–water partition coefficient (Wildman–Crippen LogP) is 13.1. The minimum absolute atomic E-state index is 0.0127. The molecule has 1 aliphatic rings. The first kappa shape index (κ1) is 39.7. The van der Waals surface area contributed by atoms with E-state index < -0.39 is 0 Å². The van der Waals surface area contributed by atoms with Gasteiger partial charge in [-0.2, -0.15) is 0 Å². The van der Waals surface area contributed by atoms with Crippen molar-refractivity contribution in [3.05, 3.63) is 159 Å². The van der Waals surface area contributed by atoms with Gasteiger partial charge in [-0.1, -0.05) is 103 Å². The van der Waals surface area contributed by atoms with Gasteiger partial charge in [0.15, 0.2) is 0 Å². The van der Waals surface area contributed by atoms with Crippen molar-refractivity contribution in [3.8, 4) is 0 Å². The van der Waals surface area contributed by atoms with Crippen LogP contribution in [-0.2, 0) is 9.53 Å². The van der Waals surface area contributed by atoms with Crippen LogP contribution in [0.3, 0.4) is 0 Å². The van der Waals surface area contributed by atoms with E-state index in [0.717, 1.165) is 42.7 Å². The zero-order chi connectivity index (χ0) is 40.4. The Hall–Kier alpha value is -5.55. The van der Waals surface area contributed by atoms with Crippen molar-refractivity contribution in [2.75, 3.05) is 29.2 Å². The second-order valence-corrected chi connectivity index (χ2v) is 16.4. The average molecular weight is 758 g/mol. The minimum atomic E-state index is -0.126. The van der Waals surface area contributed by atoms with Crippen molar-refractivity contribution in [2.24, 2.45) is 0 Å². The van der Waals surface area contributed by atoms with Crippen molar-refractivity contribution in [1.29, 1.82) is 0 Å². The van der Waals surface area contributed by atoms with Gasteiger partial charge in [0.1, 0.15) is 6.10 Å². The molecule has 1 aliphatic carbocycles. The lowest BCUT2D eigenvalue weighted by Gasteiger charge is -2.33. The van der Waals surface area contributed by atoms with Crippen molar-refractivity contribution in [1.82, 2.24) is 0 Å². The van der Waals surface area contributed by atoms with Crippen LogP contribution in [0.5, 0.6) is 0 Å². The SMILES string of the molecule is CCC(=O)OC1CCCCC1Nc1ccc(C(c2ccc(N(C)c3c(C)cc(C)cc3C)cc2)c2ccc(N(C)c3c(C)cc(C)cc3C)cc2)c2ccccc12. The number of hydrogen-bond acceptors (Lipinski definition) is 5. The summed E-state index contributed by atoms with van der Waals surface area (Å²) in [4.78, 5) is 17.0. The number of benzene rings is 6. The predicted molar refractivity (Wildman–Crippen MR) is 241 cm³/mol. The van der Waals surface area contributed by atoms with Gasteiger partial charge >= 0.3 is 5.97 Å². The summed E-state index contributed by atoms with van der Waals surface area (Å²) >= 11 is 0. The van der Waals surface area contributed by atoms with E-state index in [-0.39, 0.29) is 24.0 Å². The van der Waals surface area contributed by atoms with Crippen LogP contribution in [-0.4, -0.2) is 32.2 Å². The molecule has 0 saturated heterocycles. The second-order valence-electron chi connectivity index (χ2n) is 16.4. The third-order valence-electron chi connectivity index (χ3n) is 12.1. The molecule has 1 saturated carbocycles. The maximum absolute atomic E-state index is 12.4. The number of aryl methyl sites for hydroxylation is 6. The van der Waals surface area contributed by atoms with Crippen LogP contribution in [0.2, 0.25) is 0 Å². The summed E-state index contributed by atoms with van der Waals surface area (Å²) in [6.45, 7) is 15.0. The summed E-state index contributed by atoms with van der Waals surface area (Å²) in [6, 6.07) is 40.8. The number of ether oxygens (including phenoxy) is 1. The quantitative estimate of drug-likeness (QED) is 0.105. The first-order valence-electron chi connectivity index (χ1n) is 20.7. The number of carbonyl (C=O) groups is 1. The molecule has 0 amide bonds. The highest BCUT2D eigenvalue weighted by Gasteiger charge is 2.29. The van der Waals surface area contributed by atoms with E-state index in [4.69, 9.17) is 4.74 Å². The molecule has 7 rings (SSSR count). The van der Waals surface area contributed by atoms with Crippen LogP contribution in [0, 0.1) is 41.5 Å². The van der Waals surface area contributed by atoms with Gasteiger partial charge in [0.25, 0.3) is 0 Å². The smallest absolute Gasteiger partial charge is 0.305 e. The Morgan fingerprint density at radius 1 is 0.649 bits per heavy atom. The molecular formula is C52H59N3O2. The normalized spacial score (nSPS) is 15.5. The van der Waals surface area contributed by atoms with Crippen LogP contribution < -0.4 is 15.1 Å². The molecule has 0 spiro atoms. The highest BCUT2D eigenvalue weighted by molar-refractivity contribution is 5.97. The molecule has 2 atom stereocenters. The molecule has 57 heavy (non-hydrogen) atoms. The van der Waals surface area contributed by atoms with Crippen LogP contribution in [0.15, 0.2) is 109 Å². The number of rotatable bonds is 11. The van der Waals surface area contributed by atoms with Crippen LogP contribution >= 0.6 is 0 Å². The first-order valence-corrected chi connectivity index (χ1v) is 20.7. The molecule has 6 aromatic rings. The fourth-order valence-electron chi connectivity index (χ4n) is 9.55. The molecule has 6 aromatic carbocycles. The minimum Gasteiger partial charge on any atom is -0.460 e. The second kappa shape index (κ2) is 16.9.